The van der Waals surface area contributed by atoms with Crippen LogP contribution in [0.4, 0.5) is 0 Å². The molecule has 4 heteroatoms. The van der Waals surface area contributed by atoms with Crippen LogP contribution in [-0.4, -0.2) is 22.5 Å². The Bertz CT molecular complexity index is 568. The van der Waals surface area contributed by atoms with Crippen LogP contribution in [0.3, 0.4) is 0 Å². The number of hydrogen-bond acceptors (Lipinski definition) is 2. The largest absolute Gasteiger partial charge is 0.401 e. The van der Waals surface area contributed by atoms with Crippen LogP contribution < -0.4 is 0 Å². The van der Waals surface area contributed by atoms with Crippen molar-refractivity contribution in [3.05, 3.63) is 0 Å². The molecular weight excluding hydrogens is 350 g/mol. The molecule has 0 aromatic heterocycles. The van der Waals surface area contributed by atoms with E-state index in [0.717, 1.165) is 44.9 Å². The Balaban J connectivity index is 3.97. The average molecular weight is 390 g/mol. The Hall–Kier alpha value is -0.996. The number of hydrogen-bond donors (Lipinski definition) is 0. The molecule has 0 heterocycles. The third kappa shape index (κ3) is 12.4. The minimum atomic E-state index is -1.87. The fraction of sp³-hybridized carbons (Fsp3) is 0.773. The minimum absolute atomic E-state index is 0.140. The van der Waals surface area contributed by atoms with Crippen LogP contribution in [0.25, 0.3) is 0 Å². The Morgan fingerprint density at radius 1 is 0.846 bits per heavy atom. The van der Waals surface area contributed by atoms with Crippen molar-refractivity contribution in [3.8, 4) is 29.4 Å². The van der Waals surface area contributed by atoms with Gasteiger partial charge in [0.05, 0.1) is 6.07 Å². The summed E-state index contributed by atoms with van der Waals surface area (Å²) >= 11 is 0. The van der Waals surface area contributed by atoms with Crippen LogP contribution in [-0.2, 0) is 4.43 Å². The fourth-order valence-electron chi connectivity index (χ4n) is 1.99. The van der Waals surface area contributed by atoms with E-state index in [2.05, 4.69) is 82.9 Å². The van der Waals surface area contributed by atoms with Gasteiger partial charge in [0, 0.05) is 19.3 Å². The van der Waals surface area contributed by atoms with Gasteiger partial charge in [0.25, 0.3) is 0 Å². The molecule has 0 radical (unpaired) electrons. The second-order valence-electron chi connectivity index (χ2n) is 9.50. The van der Waals surface area contributed by atoms with E-state index < -0.39 is 16.4 Å². The summed E-state index contributed by atoms with van der Waals surface area (Å²) in [4.78, 5) is 0. The van der Waals surface area contributed by atoms with Crippen LogP contribution in [0.5, 0.6) is 0 Å². The first-order valence-corrected chi connectivity index (χ1v) is 16.3. The second-order valence-corrected chi connectivity index (χ2v) is 19.0. The minimum Gasteiger partial charge on any atom is -0.401 e. The number of nitriles is 1. The van der Waals surface area contributed by atoms with Crippen molar-refractivity contribution in [1.29, 1.82) is 5.26 Å². The van der Waals surface area contributed by atoms with E-state index in [9.17, 15) is 5.26 Å². The van der Waals surface area contributed by atoms with Gasteiger partial charge in [-0.25, -0.2) is 0 Å². The fourth-order valence-corrected chi connectivity index (χ4v) is 3.88. The van der Waals surface area contributed by atoms with Crippen molar-refractivity contribution in [2.75, 3.05) is 0 Å². The summed E-state index contributed by atoms with van der Waals surface area (Å²) in [5.41, 5.74) is 3.40. The van der Waals surface area contributed by atoms with E-state index in [1.54, 1.807) is 0 Å². The van der Waals surface area contributed by atoms with Crippen LogP contribution in [0.2, 0.25) is 37.8 Å². The summed E-state index contributed by atoms with van der Waals surface area (Å²) in [7, 11) is -3.07. The molecule has 0 N–H and O–H groups in total. The molecule has 0 saturated heterocycles. The molecule has 1 atom stereocenters. The SMILES string of the molecule is CC(C)(C)[Si](C)(C)OC(C#N)CCCC#CCCCCC#C[Si](C)(C)C. The lowest BCUT2D eigenvalue weighted by atomic mass is 10.1. The molecule has 0 aromatic carbocycles. The first kappa shape index (κ1) is 25.0. The molecule has 0 aliphatic carbocycles. The highest BCUT2D eigenvalue weighted by Gasteiger charge is 2.39. The van der Waals surface area contributed by atoms with E-state index in [1.165, 1.54) is 0 Å². The van der Waals surface area contributed by atoms with Crippen molar-refractivity contribution < 1.29 is 4.43 Å². The molecular formula is C22H39NOSi2. The van der Waals surface area contributed by atoms with Crippen molar-refractivity contribution in [1.82, 2.24) is 0 Å². The van der Waals surface area contributed by atoms with Gasteiger partial charge < -0.3 is 4.43 Å². The molecule has 146 valence electrons. The van der Waals surface area contributed by atoms with Crippen LogP contribution in [0.15, 0.2) is 0 Å². The molecule has 0 aliphatic rings. The Kier molecular flexibility index (Phi) is 11.2. The summed E-state index contributed by atoms with van der Waals surface area (Å²) in [5, 5.41) is 9.49. The highest BCUT2D eigenvalue weighted by molar-refractivity contribution is 6.83. The standard InChI is InChI=1S/C22H39NOSi2/c1-22(2,3)26(7,8)24-21(20-23)18-16-14-12-10-9-11-13-15-17-19-25(4,5)6/h21H,9,11,13-16,18H2,1-8H3. The highest BCUT2D eigenvalue weighted by atomic mass is 28.4. The van der Waals surface area contributed by atoms with E-state index in [4.69, 9.17) is 4.43 Å². The van der Waals surface area contributed by atoms with E-state index in [-0.39, 0.29) is 11.1 Å². The normalized spacial score (nSPS) is 13.0. The Morgan fingerprint density at radius 3 is 1.81 bits per heavy atom. The van der Waals surface area contributed by atoms with Crippen LogP contribution >= 0.6 is 0 Å². The predicted octanol–water partition coefficient (Wildman–Crippen LogP) is 6.52. The zero-order valence-electron chi connectivity index (χ0n) is 18.4. The summed E-state index contributed by atoms with van der Waals surface area (Å²) in [6.45, 7) is 17.8. The van der Waals surface area contributed by atoms with E-state index in [1.807, 2.05) is 0 Å². The van der Waals surface area contributed by atoms with Gasteiger partial charge in [0.15, 0.2) is 8.32 Å². The number of nitrogens with zero attached hydrogens (tertiary/aromatic N) is 1. The van der Waals surface area contributed by atoms with Crippen molar-refractivity contribution in [3.63, 3.8) is 0 Å². The summed E-state index contributed by atoms with van der Waals surface area (Å²) in [6, 6.07) is 2.33. The molecule has 0 aliphatic heterocycles. The maximum absolute atomic E-state index is 9.35. The maximum atomic E-state index is 9.35. The highest BCUT2D eigenvalue weighted by Crippen LogP contribution is 2.37. The third-order valence-electron chi connectivity index (χ3n) is 4.60. The van der Waals surface area contributed by atoms with Gasteiger partial charge in [-0.05, 0) is 43.8 Å². The maximum Gasteiger partial charge on any atom is 0.193 e. The molecule has 0 bridgehead atoms. The van der Waals surface area contributed by atoms with Gasteiger partial charge in [-0.2, -0.15) is 5.26 Å². The summed E-state index contributed by atoms with van der Waals surface area (Å²) < 4.78 is 6.18. The second kappa shape index (κ2) is 11.7. The molecule has 0 saturated carbocycles. The summed E-state index contributed by atoms with van der Waals surface area (Å²) in [5.74, 6) is 9.80. The van der Waals surface area contributed by atoms with Crippen LogP contribution in [0.1, 0.15) is 65.7 Å². The molecule has 26 heavy (non-hydrogen) atoms. The van der Waals surface area contributed by atoms with Gasteiger partial charge in [-0.1, -0.05) is 40.4 Å². The molecule has 0 aromatic rings. The first-order valence-electron chi connectivity index (χ1n) is 9.92. The lowest BCUT2D eigenvalue weighted by Crippen LogP contribution is -2.43. The van der Waals surface area contributed by atoms with Gasteiger partial charge in [-0.15, -0.1) is 23.3 Å². The quantitative estimate of drug-likeness (QED) is 0.269. The monoisotopic (exact) mass is 389 g/mol. The molecule has 1 unspecified atom stereocenters. The van der Waals surface area contributed by atoms with Gasteiger partial charge >= 0.3 is 0 Å². The lowest BCUT2D eigenvalue weighted by molar-refractivity contribution is 0.219. The smallest absolute Gasteiger partial charge is 0.193 e. The summed E-state index contributed by atoms with van der Waals surface area (Å²) in [6.07, 6.45) is 6.51. The molecule has 0 fully saturated rings. The Morgan fingerprint density at radius 2 is 1.35 bits per heavy atom. The van der Waals surface area contributed by atoms with E-state index >= 15 is 0 Å². The molecule has 0 spiro atoms. The zero-order valence-corrected chi connectivity index (χ0v) is 20.4. The van der Waals surface area contributed by atoms with Gasteiger partial charge in [0.2, 0.25) is 0 Å². The van der Waals surface area contributed by atoms with Gasteiger partial charge in [-0.3, -0.25) is 0 Å². The van der Waals surface area contributed by atoms with E-state index in [0.29, 0.717) is 0 Å². The first-order chi connectivity index (χ1) is 11.9. The lowest BCUT2D eigenvalue weighted by Gasteiger charge is -2.37. The van der Waals surface area contributed by atoms with Crippen molar-refractivity contribution in [2.45, 2.75) is 110 Å². The third-order valence-corrected chi connectivity index (χ3v) is 10.0. The zero-order chi connectivity index (χ0) is 20.3. The van der Waals surface area contributed by atoms with Crippen LogP contribution in [0, 0.1) is 34.6 Å². The molecule has 0 rings (SSSR count). The molecule has 0 amide bonds. The van der Waals surface area contributed by atoms with Crippen molar-refractivity contribution >= 4 is 16.4 Å². The number of unbranched alkanes of at least 4 members (excludes halogenated alkanes) is 4. The Labute approximate surface area is 165 Å². The number of rotatable bonds is 8. The average Bonchev–Trinajstić information content (AvgIpc) is 2.49. The topological polar surface area (TPSA) is 33.0 Å². The predicted molar refractivity (Wildman–Crippen MR) is 119 cm³/mol. The van der Waals surface area contributed by atoms with Gasteiger partial charge in [0.1, 0.15) is 14.2 Å². The molecule has 2 nitrogen and oxygen atoms in total. The van der Waals surface area contributed by atoms with Crippen molar-refractivity contribution in [2.24, 2.45) is 0 Å².